The summed E-state index contributed by atoms with van der Waals surface area (Å²) in [5.41, 5.74) is 10.8. The van der Waals surface area contributed by atoms with E-state index >= 15 is 0 Å². The standard InChI is InChI=1S/C18H24N2S/c1-3-16(19)17(18-13(2)9-11-21-18)20-10-8-14-6-4-5-7-15(14)12-20/h4-7,9,11,16-17H,3,8,10,12,19H2,1-2H3. The number of nitrogens with two attached hydrogens (primary N) is 1. The van der Waals surface area contributed by atoms with E-state index in [-0.39, 0.29) is 6.04 Å². The van der Waals surface area contributed by atoms with Crippen LogP contribution in [0.15, 0.2) is 35.7 Å². The summed E-state index contributed by atoms with van der Waals surface area (Å²) in [5.74, 6) is 0. The normalized spacial score (nSPS) is 18.2. The fraction of sp³-hybridized carbons (Fsp3) is 0.444. The zero-order valence-electron chi connectivity index (χ0n) is 12.9. The van der Waals surface area contributed by atoms with E-state index in [2.05, 4.69) is 54.5 Å². The maximum atomic E-state index is 6.49. The van der Waals surface area contributed by atoms with Crippen molar-refractivity contribution in [3.63, 3.8) is 0 Å². The van der Waals surface area contributed by atoms with E-state index in [1.54, 1.807) is 0 Å². The first-order valence-corrected chi connectivity index (χ1v) is 8.69. The number of rotatable bonds is 4. The van der Waals surface area contributed by atoms with Crippen LogP contribution in [0.25, 0.3) is 0 Å². The molecular weight excluding hydrogens is 276 g/mol. The van der Waals surface area contributed by atoms with Gasteiger partial charge in [0.15, 0.2) is 0 Å². The fourth-order valence-electron chi connectivity index (χ4n) is 3.30. The monoisotopic (exact) mass is 300 g/mol. The first kappa shape index (κ1) is 14.8. The van der Waals surface area contributed by atoms with Crippen LogP contribution >= 0.6 is 11.3 Å². The zero-order valence-corrected chi connectivity index (χ0v) is 13.7. The van der Waals surface area contributed by atoms with Crippen LogP contribution in [0.3, 0.4) is 0 Å². The van der Waals surface area contributed by atoms with Crippen molar-refractivity contribution in [3.8, 4) is 0 Å². The highest BCUT2D eigenvalue weighted by Gasteiger charge is 2.30. The first-order chi connectivity index (χ1) is 10.2. The van der Waals surface area contributed by atoms with E-state index in [1.165, 1.54) is 21.6 Å². The predicted octanol–water partition coefficient (Wildman–Crippen LogP) is 3.89. The number of thiophene rings is 1. The summed E-state index contributed by atoms with van der Waals surface area (Å²) in [4.78, 5) is 4.03. The number of hydrogen-bond acceptors (Lipinski definition) is 3. The van der Waals surface area contributed by atoms with Gasteiger partial charge < -0.3 is 5.73 Å². The number of fused-ring (bicyclic) bond motifs is 1. The maximum absolute atomic E-state index is 6.49. The average Bonchev–Trinajstić information content (AvgIpc) is 2.93. The molecule has 21 heavy (non-hydrogen) atoms. The minimum Gasteiger partial charge on any atom is -0.326 e. The molecule has 0 bridgehead atoms. The fourth-order valence-corrected chi connectivity index (χ4v) is 4.43. The molecule has 1 aromatic carbocycles. The molecule has 1 aromatic heterocycles. The molecule has 2 aromatic rings. The Kier molecular flexibility index (Phi) is 4.43. The van der Waals surface area contributed by atoms with Crippen molar-refractivity contribution in [1.82, 2.24) is 4.90 Å². The molecule has 3 rings (SSSR count). The second kappa shape index (κ2) is 6.30. The highest BCUT2D eigenvalue weighted by molar-refractivity contribution is 7.10. The van der Waals surface area contributed by atoms with Gasteiger partial charge in [0.05, 0.1) is 6.04 Å². The van der Waals surface area contributed by atoms with Crippen molar-refractivity contribution in [3.05, 3.63) is 57.3 Å². The highest BCUT2D eigenvalue weighted by atomic mass is 32.1. The van der Waals surface area contributed by atoms with E-state index in [4.69, 9.17) is 5.73 Å². The lowest BCUT2D eigenvalue weighted by Crippen LogP contribution is -2.43. The molecule has 0 spiro atoms. The molecule has 2 heterocycles. The lowest BCUT2D eigenvalue weighted by atomic mass is 9.94. The second-order valence-electron chi connectivity index (χ2n) is 5.97. The van der Waals surface area contributed by atoms with Gasteiger partial charge in [-0.15, -0.1) is 11.3 Å². The van der Waals surface area contributed by atoms with Crippen LogP contribution in [0.4, 0.5) is 0 Å². The SMILES string of the molecule is CCC(N)C(c1sccc1C)N1CCc2ccccc2C1. The molecule has 0 radical (unpaired) electrons. The molecule has 0 fully saturated rings. The number of nitrogens with zero attached hydrogens (tertiary/aromatic N) is 1. The molecule has 2 atom stereocenters. The Morgan fingerprint density at radius 2 is 2.00 bits per heavy atom. The van der Waals surface area contributed by atoms with Crippen molar-refractivity contribution in [2.45, 2.75) is 45.3 Å². The molecule has 112 valence electrons. The molecule has 2 nitrogen and oxygen atoms in total. The van der Waals surface area contributed by atoms with Crippen LogP contribution in [-0.2, 0) is 13.0 Å². The third kappa shape index (κ3) is 2.91. The number of aryl methyl sites for hydroxylation is 1. The Balaban J connectivity index is 1.90. The van der Waals surface area contributed by atoms with Gasteiger partial charge in [-0.25, -0.2) is 0 Å². The Hall–Kier alpha value is -1.16. The summed E-state index contributed by atoms with van der Waals surface area (Å²) in [6.45, 7) is 6.52. The first-order valence-electron chi connectivity index (χ1n) is 7.81. The van der Waals surface area contributed by atoms with Crippen molar-refractivity contribution >= 4 is 11.3 Å². The summed E-state index contributed by atoms with van der Waals surface area (Å²) in [5, 5.41) is 2.19. The Morgan fingerprint density at radius 1 is 1.24 bits per heavy atom. The Bertz CT molecular complexity index is 605. The third-order valence-electron chi connectivity index (χ3n) is 4.60. The van der Waals surface area contributed by atoms with E-state index in [1.807, 2.05) is 11.3 Å². The number of benzene rings is 1. The van der Waals surface area contributed by atoms with Gasteiger partial charge in [-0.3, -0.25) is 4.90 Å². The number of hydrogen-bond donors (Lipinski definition) is 1. The van der Waals surface area contributed by atoms with Crippen molar-refractivity contribution < 1.29 is 0 Å². The van der Waals surface area contributed by atoms with Gasteiger partial charge in [0.1, 0.15) is 0 Å². The third-order valence-corrected chi connectivity index (χ3v) is 5.69. The summed E-state index contributed by atoms with van der Waals surface area (Å²) in [6, 6.07) is 11.6. The molecule has 2 N–H and O–H groups in total. The second-order valence-corrected chi connectivity index (χ2v) is 6.92. The topological polar surface area (TPSA) is 29.3 Å². The molecule has 1 aliphatic heterocycles. The molecule has 3 heteroatoms. The predicted molar refractivity (Wildman–Crippen MR) is 90.6 cm³/mol. The van der Waals surface area contributed by atoms with Crippen molar-refractivity contribution in [2.24, 2.45) is 5.73 Å². The van der Waals surface area contributed by atoms with Crippen LogP contribution in [0.1, 0.15) is 41.0 Å². The van der Waals surface area contributed by atoms with Gasteiger partial charge in [0.2, 0.25) is 0 Å². The lowest BCUT2D eigenvalue weighted by molar-refractivity contribution is 0.155. The van der Waals surface area contributed by atoms with E-state index in [0.29, 0.717) is 6.04 Å². The van der Waals surface area contributed by atoms with Gasteiger partial charge >= 0.3 is 0 Å². The molecular formula is C18H24N2S. The maximum Gasteiger partial charge on any atom is 0.0599 e. The van der Waals surface area contributed by atoms with Crippen LogP contribution < -0.4 is 5.73 Å². The minimum absolute atomic E-state index is 0.201. The van der Waals surface area contributed by atoms with Gasteiger partial charge in [-0.05, 0) is 47.9 Å². The van der Waals surface area contributed by atoms with E-state index in [9.17, 15) is 0 Å². The smallest absolute Gasteiger partial charge is 0.0599 e. The highest BCUT2D eigenvalue weighted by Crippen LogP contribution is 2.35. The Morgan fingerprint density at radius 3 is 2.67 bits per heavy atom. The average molecular weight is 300 g/mol. The van der Waals surface area contributed by atoms with Crippen LogP contribution in [0.5, 0.6) is 0 Å². The summed E-state index contributed by atoms with van der Waals surface area (Å²) >= 11 is 1.85. The lowest BCUT2D eigenvalue weighted by Gasteiger charge is -2.38. The molecule has 0 saturated carbocycles. The summed E-state index contributed by atoms with van der Waals surface area (Å²) < 4.78 is 0. The van der Waals surface area contributed by atoms with Crippen molar-refractivity contribution in [2.75, 3.05) is 6.54 Å². The van der Waals surface area contributed by atoms with E-state index in [0.717, 1.165) is 25.9 Å². The minimum atomic E-state index is 0.201. The van der Waals surface area contributed by atoms with Gasteiger partial charge in [-0.1, -0.05) is 31.2 Å². The zero-order chi connectivity index (χ0) is 14.8. The Labute approximate surface area is 131 Å². The molecule has 1 aliphatic rings. The van der Waals surface area contributed by atoms with Crippen LogP contribution in [0.2, 0.25) is 0 Å². The van der Waals surface area contributed by atoms with E-state index < -0.39 is 0 Å². The summed E-state index contributed by atoms with van der Waals surface area (Å²) in [6.07, 6.45) is 2.15. The van der Waals surface area contributed by atoms with Gasteiger partial charge in [0, 0.05) is 24.0 Å². The molecule has 0 amide bonds. The molecule has 0 saturated heterocycles. The van der Waals surface area contributed by atoms with Crippen LogP contribution in [0, 0.1) is 6.92 Å². The molecule has 0 aliphatic carbocycles. The van der Waals surface area contributed by atoms with Gasteiger partial charge in [0.25, 0.3) is 0 Å². The van der Waals surface area contributed by atoms with Crippen LogP contribution in [-0.4, -0.2) is 17.5 Å². The molecule has 2 unspecified atom stereocenters. The summed E-state index contributed by atoms with van der Waals surface area (Å²) in [7, 11) is 0. The van der Waals surface area contributed by atoms with Crippen molar-refractivity contribution in [1.29, 1.82) is 0 Å². The van der Waals surface area contributed by atoms with Gasteiger partial charge in [-0.2, -0.15) is 0 Å². The quantitative estimate of drug-likeness (QED) is 0.928. The largest absolute Gasteiger partial charge is 0.326 e.